The number of nitriles is 1. The summed E-state index contributed by atoms with van der Waals surface area (Å²) in [5.41, 5.74) is 5.66. The van der Waals surface area contributed by atoms with Gasteiger partial charge in [0.05, 0.1) is 12.5 Å². The lowest BCUT2D eigenvalue weighted by molar-refractivity contribution is 0.149. The van der Waals surface area contributed by atoms with Gasteiger partial charge in [-0.25, -0.2) is 13.8 Å². The number of halogens is 2. The molecule has 0 unspecified atom stereocenters. The standard InChI is InChI=1S/C9H9F2N3/c1-5-8(9(10)11)6(2-3-12)4-7(13)14-5/h4,9H,2H2,1H3,(H2,13,14). The first-order chi connectivity index (χ1) is 6.56. The van der Waals surface area contributed by atoms with Crippen molar-refractivity contribution < 1.29 is 8.78 Å². The molecule has 0 atom stereocenters. The van der Waals surface area contributed by atoms with Crippen molar-refractivity contribution in [3.05, 3.63) is 22.9 Å². The molecule has 0 fully saturated rings. The van der Waals surface area contributed by atoms with Gasteiger partial charge in [0.2, 0.25) is 0 Å². The summed E-state index contributed by atoms with van der Waals surface area (Å²) < 4.78 is 25.1. The minimum absolute atomic E-state index is 0.0762. The van der Waals surface area contributed by atoms with Crippen molar-refractivity contribution in [2.24, 2.45) is 0 Å². The van der Waals surface area contributed by atoms with E-state index in [4.69, 9.17) is 11.0 Å². The first-order valence-corrected chi connectivity index (χ1v) is 3.97. The van der Waals surface area contributed by atoms with Crippen LogP contribution in [0.1, 0.15) is 23.2 Å². The van der Waals surface area contributed by atoms with Crippen molar-refractivity contribution in [2.75, 3.05) is 5.73 Å². The van der Waals surface area contributed by atoms with Crippen molar-refractivity contribution in [3.8, 4) is 6.07 Å². The van der Waals surface area contributed by atoms with Crippen LogP contribution in [-0.2, 0) is 6.42 Å². The van der Waals surface area contributed by atoms with E-state index in [0.29, 0.717) is 0 Å². The topological polar surface area (TPSA) is 62.7 Å². The molecule has 0 aromatic carbocycles. The molecule has 0 spiro atoms. The molecule has 0 saturated heterocycles. The van der Waals surface area contributed by atoms with E-state index in [-0.39, 0.29) is 29.1 Å². The Labute approximate surface area is 80.2 Å². The highest BCUT2D eigenvalue weighted by atomic mass is 19.3. The number of aryl methyl sites for hydroxylation is 1. The summed E-state index contributed by atoms with van der Waals surface area (Å²) >= 11 is 0. The highest BCUT2D eigenvalue weighted by Crippen LogP contribution is 2.26. The van der Waals surface area contributed by atoms with Crippen LogP contribution in [0.5, 0.6) is 0 Å². The predicted octanol–water partition coefficient (Wildman–Crippen LogP) is 1.98. The number of rotatable bonds is 2. The summed E-state index contributed by atoms with van der Waals surface area (Å²) in [5.74, 6) is 0.164. The summed E-state index contributed by atoms with van der Waals surface area (Å²) in [7, 11) is 0. The molecule has 0 radical (unpaired) electrons. The highest BCUT2D eigenvalue weighted by Gasteiger charge is 2.17. The fraction of sp³-hybridized carbons (Fsp3) is 0.333. The zero-order valence-electron chi connectivity index (χ0n) is 7.59. The van der Waals surface area contributed by atoms with Gasteiger partial charge >= 0.3 is 0 Å². The van der Waals surface area contributed by atoms with Crippen LogP contribution in [-0.4, -0.2) is 4.98 Å². The molecule has 0 amide bonds. The van der Waals surface area contributed by atoms with Gasteiger partial charge < -0.3 is 5.73 Å². The van der Waals surface area contributed by atoms with Gasteiger partial charge in [-0.05, 0) is 18.6 Å². The van der Waals surface area contributed by atoms with E-state index in [0.717, 1.165) is 0 Å². The average Bonchev–Trinajstić information content (AvgIpc) is 2.01. The molecule has 0 aliphatic carbocycles. The number of pyridine rings is 1. The number of aromatic nitrogens is 1. The summed E-state index contributed by atoms with van der Waals surface area (Å²) in [5, 5.41) is 8.45. The lowest BCUT2D eigenvalue weighted by Gasteiger charge is -2.09. The molecule has 3 nitrogen and oxygen atoms in total. The summed E-state index contributed by atoms with van der Waals surface area (Å²) in [6.45, 7) is 1.46. The zero-order chi connectivity index (χ0) is 10.7. The van der Waals surface area contributed by atoms with E-state index < -0.39 is 6.43 Å². The molecule has 0 saturated carbocycles. The fourth-order valence-corrected chi connectivity index (χ4v) is 1.30. The molecule has 14 heavy (non-hydrogen) atoms. The number of hydrogen-bond acceptors (Lipinski definition) is 3. The Hall–Kier alpha value is -1.70. The Kier molecular flexibility index (Phi) is 2.97. The lowest BCUT2D eigenvalue weighted by Crippen LogP contribution is -2.03. The second-order valence-electron chi connectivity index (χ2n) is 2.84. The number of nitrogens with zero attached hydrogens (tertiary/aromatic N) is 2. The van der Waals surface area contributed by atoms with Gasteiger partial charge in [-0.1, -0.05) is 0 Å². The van der Waals surface area contributed by atoms with Crippen LogP contribution >= 0.6 is 0 Å². The van der Waals surface area contributed by atoms with Crippen LogP contribution in [0.4, 0.5) is 14.6 Å². The summed E-state index contributed by atoms with van der Waals surface area (Å²) in [6, 6.07) is 3.13. The van der Waals surface area contributed by atoms with E-state index in [1.54, 1.807) is 0 Å². The van der Waals surface area contributed by atoms with Crippen molar-refractivity contribution in [1.29, 1.82) is 5.26 Å². The van der Waals surface area contributed by atoms with Crippen LogP contribution in [0.2, 0.25) is 0 Å². The number of nitrogens with two attached hydrogens (primary N) is 1. The third-order valence-electron chi connectivity index (χ3n) is 1.84. The van der Waals surface area contributed by atoms with Crippen LogP contribution in [0.15, 0.2) is 6.07 Å². The molecule has 0 bridgehead atoms. The Morgan fingerprint density at radius 1 is 1.64 bits per heavy atom. The van der Waals surface area contributed by atoms with E-state index in [2.05, 4.69) is 4.98 Å². The van der Waals surface area contributed by atoms with Crippen LogP contribution in [0, 0.1) is 18.3 Å². The number of nitrogen functional groups attached to an aromatic ring is 1. The van der Waals surface area contributed by atoms with Crippen LogP contribution in [0.25, 0.3) is 0 Å². The third kappa shape index (κ3) is 1.96. The minimum atomic E-state index is -2.62. The molecule has 0 aliphatic rings. The molecular weight excluding hydrogens is 188 g/mol. The summed E-state index contributed by atoms with van der Waals surface area (Å²) in [4.78, 5) is 3.73. The smallest absolute Gasteiger partial charge is 0.265 e. The molecular formula is C9H9F2N3. The third-order valence-corrected chi connectivity index (χ3v) is 1.84. The largest absolute Gasteiger partial charge is 0.384 e. The Bertz CT molecular complexity index is 382. The van der Waals surface area contributed by atoms with Crippen LogP contribution in [0.3, 0.4) is 0 Å². The van der Waals surface area contributed by atoms with Crippen molar-refractivity contribution in [2.45, 2.75) is 19.8 Å². The Balaban J connectivity index is 3.30. The molecule has 0 aliphatic heterocycles. The normalized spacial score (nSPS) is 10.2. The van der Waals surface area contributed by atoms with Gasteiger partial charge in [0.1, 0.15) is 5.82 Å². The predicted molar refractivity (Wildman–Crippen MR) is 47.7 cm³/mol. The van der Waals surface area contributed by atoms with Gasteiger partial charge in [0.15, 0.2) is 0 Å². The zero-order valence-corrected chi connectivity index (χ0v) is 7.59. The van der Waals surface area contributed by atoms with Gasteiger partial charge in [0.25, 0.3) is 6.43 Å². The molecule has 1 aromatic heterocycles. The van der Waals surface area contributed by atoms with Gasteiger partial charge in [0, 0.05) is 11.3 Å². The van der Waals surface area contributed by atoms with E-state index in [9.17, 15) is 8.78 Å². The van der Waals surface area contributed by atoms with Crippen molar-refractivity contribution in [3.63, 3.8) is 0 Å². The van der Waals surface area contributed by atoms with E-state index >= 15 is 0 Å². The molecule has 5 heteroatoms. The molecule has 1 rings (SSSR count). The highest BCUT2D eigenvalue weighted by molar-refractivity contribution is 5.42. The number of anilines is 1. The van der Waals surface area contributed by atoms with Gasteiger partial charge in [-0.3, -0.25) is 0 Å². The van der Waals surface area contributed by atoms with Crippen LogP contribution < -0.4 is 5.73 Å². The maximum atomic E-state index is 12.6. The van der Waals surface area contributed by atoms with E-state index in [1.807, 2.05) is 6.07 Å². The second kappa shape index (κ2) is 4.01. The molecule has 1 aromatic rings. The first kappa shape index (κ1) is 10.4. The van der Waals surface area contributed by atoms with E-state index in [1.165, 1.54) is 13.0 Å². The van der Waals surface area contributed by atoms with Crippen molar-refractivity contribution >= 4 is 5.82 Å². The first-order valence-electron chi connectivity index (χ1n) is 3.97. The van der Waals surface area contributed by atoms with Gasteiger partial charge in [-0.2, -0.15) is 5.26 Å². The molecule has 2 N–H and O–H groups in total. The quantitative estimate of drug-likeness (QED) is 0.788. The average molecular weight is 197 g/mol. The Morgan fingerprint density at radius 3 is 2.79 bits per heavy atom. The molecule has 74 valence electrons. The maximum absolute atomic E-state index is 12.6. The minimum Gasteiger partial charge on any atom is -0.384 e. The summed E-state index contributed by atoms with van der Waals surface area (Å²) in [6.07, 6.45) is -2.70. The maximum Gasteiger partial charge on any atom is 0.265 e. The van der Waals surface area contributed by atoms with Crippen molar-refractivity contribution in [1.82, 2.24) is 4.98 Å². The SMILES string of the molecule is Cc1nc(N)cc(CC#N)c1C(F)F. The monoisotopic (exact) mass is 197 g/mol. The fourth-order valence-electron chi connectivity index (χ4n) is 1.30. The molecule has 1 heterocycles. The second-order valence-corrected chi connectivity index (χ2v) is 2.84. The number of hydrogen-bond donors (Lipinski definition) is 1. The lowest BCUT2D eigenvalue weighted by atomic mass is 10.0. The van der Waals surface area contributed by atoms with Gasteiger partial charge in [-0.15, -0.1) is 0 Å². The number of alkyl halides is 2. The Morgan fingerprint density at radius 2 is 2.29 bits per heavy atom.